The van der Waals surface area contributed by atoms with E-state index in [0.29, 0.717) is 24.5 Å². The van der Waals surface area contributed by atoms with Gasteiger partial charge in [0.15, 0.2) is 0 Å². The molecule has 1 N–H and O–H groups in total. The van der Waals surface area contributed by atoms with Crippen LogP contribution in [0.25, 0.3) is 0 Å². The number of aromatic nitrogens is 2. The molecule has 4 atom stereocenters. The van der Waals surface area contributed by atoms with Crippen molar-refractivity contribution in [2.24, 2.45) is 23.7 Å². The van der Waals surface area contributed by atoms with E-state index in [0.717, 1.165) is 56.2 Å². The lowest BCUT2D eigenvalue weighted by Gasteiger charge is -2.42. The summed E-state index contributed by atoms with van der Waals surface area (Å²) < 4.78 is 6.45. The summed E-state index contributed by atoms with van der Waals surface area (Å²) in [5.41, 5.74) is 1.08. The Bertz CT molecular complexity index is 636. The maximum atomic E-state index is 13.1. The lowest BCUT2D eigenvalue weighted by molar-refractivity contribution is -0.140. The minimum atomic E-state index is 0.125. The molecule has 28 heavy (non-hydrogen) atoms. The number of likely N-dealkylation sites (tertiary alicyclic amines) is 1. The summed E-state index contributed by atoms with van der Waals surface area (Å²) in [5.74, 6) is 3.04. The highest BCUT2D eigenvalue weighted by atomic mass is 16.5. The SMILES string of the molecule is CC1CC1C(=O)N1CCC[C@H](c2cc[nH]n2)[C@@H]1CO[C@H]1CC[C@@H](C(C)C)CC1. The molecule has 156 valence electrons. The number of aromatic amines is 1. The highest BCUT2D eigenvalue weighted by Gasteiger charge is 2.46. The van der Waals surface area contributed by atoms with E-state index in [1.165, 1.54) is 12.8 Å². The summed E-state index contributed by atoms with van der Waals surface area (Å²) in [6, 6.07) is 2.19. The Morgan fingerprint density at radius 1 is 1.29 bits per heavy atom. The molecule has 3 aliphatic rings. The normalized spacial score (nSPS) is 35.9. The van der Waals surface area contributed by atoms with Crippen molar-refractivity contribution >= 4 is 5.91 Å². The first-order valence-corrected chi connectivity index (χ1v) is 11.5. The van der Waals surface area contributed by atoms with Crippen molar-refractivity contribution in [1.29, 1.82) is 0 Å². The zero-order valence-corrected chi connectivity index (χ0v) is 17.8. The number of hydrogen-bond donors (Lipinski definition) is 1. The Hall–Kier alpha value is -1.36. The molecule has 1 aromatic rings. The second kappa shape index (κ2) is 8.56. The van der Waals surface area contributed by atoms with E-state index < -0.39 is 0 Å². The van der Waals surface area contributed by atoms with Crippen molar-refractivity contribution in [2.75, 3.05) is 13.2 Å². The van der Waals surface area contributed by atoms with E-state index >= 15 is 0 Å². The fourth-order valence-electron chi connectivity index (χ4n) is 5.40. The summed E-state index contributed by atoms with van der Waals surface area (Å²) in [5, 5.41) is 7.43. The molecule has 4 rings (SSSR count). The fourth-order valence-corrected chi connectivity index (χ4v) is 5.40. The lowest BCUT2D eigenvalue weighted by Crippen LogP contribution is -2.51. The van der Waals surface area contributed by atoms with Crippen LogP contribution in [0.4, 0.5) is 0 Å². The Labute approximate surface area is 169 Å². The van der Waals surface area contributed by atoms with Gasteiger partial charge in [-0.15, -0.1) is 0 Å². The maximum Gasteiger partial charge on any atom is 0.226 e. The minimum Gasteiger partial charge on any atom is -0.376 e. The maximum absolute atomic E-state index is 13.1. The molecule has 3 fully saturated rings. The smallest absolute Gasteiger partial charge is 0.226 e. The monoisotopic (exact) mass is 387 g/mol. The molecule has 2 aliphatic carbocycles. The van der Waals surface area contributed by atoms with Gasteiger partial charge in [0, 0.05) is 24.6 Å². The summed E-state index contributed by atoms with van der Waals surface area (Å²) in [6.07, 6.45) is 10.3. The third-order valence-corrected chi connectivity index (χ3v) is 7.56. The molecule has 2 saturated carbocycles. The van der Waals surface area contributed by atoms with Crippen LogP contribution < -0.4 is 0 Å². The van der Waals surface area contributed by atoms with Crippen LogP contribution in [-0.4, -0.2) is 46.3 Å². The number of ether oxygens (including phenoxy) is 1. The third kappa shape index (κ3) is 4.29. The molecule has 0 spiro atoms. The number of piperidine rings is 1. The minimum absolute atomic E-state index is 0.125. The molecule has 1 amide bonds. The Balaban J connectivity index is 1.42. The van der Waals surface area contributed by atoms with Crippen molar-refractivity contribution in [3.05, 3.63) is 18.0 Å². The number of nitrogens with zero attached hydrogens (tertiary/aromatic N) is 2. The molecule has 5 nitrogen and oxygen atoms in total. The van der Waals surface area contributed by atoms with E-state index in [9.17, 15) is 4.79 Å². The number of rotatable bonds is 6. The van der Waals surface area contributed by atoms with Gasteiger partial charge in [-0.05, 0) is 68.8 Å². The van der Waals surface area contributed by atoms with Gasteiger partial charge < -0.3 is 9.64 Å². The van der Waals surface area contributed by atoms with Crippen LogP contribution in [0.15, 0.2) is 12.3 Å². The van der Waals surface area contributed by atoms with Gasteiger partial charge in [0.2, 0.25) is 5.91 Å². The van der Waals surface area contributed by atoms with Crippen LogP contribution in [0.5, 0.6) is 0 Å². The number of amides is 1. The van der Waals surface area contributed by atoms with E-state index in [1.54, 1.807) is 0 Å². The third-order valence-electron chi connectivity index (χ3n) is 7.56. The second-order valence-electron chi connectivity index (χ2n) is 9.78. The molecular weight excluding hydrogens is 350 g/mol. The number of hydrogen-bond acceptors (Lipinski definition) is 3. The summed E-state index contributed by atoms with van der Waals surface area (Å²) in [6.45, 7) is 8.39. The van der Waals surface area contributed by atoms with Crippen LogP contribution in [-0.2, 0) is 9.53 Å². The Kier molecular flexibility index (Phi) is 6.10. The van der Waals surface area contributed by atoms with Gasteiger partial charge in [0.25, 0.3) is 0 Å². The summed E-state index contributed by atoms with van der Waals surface area (Å²) in [4.78, 5) is 15.3. The molecule has 1 aromatic heterocycles. The topological polar surface area (TPSA) is 58.2 Å². The first-order valence-electron chi connectivity index (χ1n) is 11.5. The highest BCUT2D eigenvalue weighted by molar-refractivity contribution is 5.82. The van der Waals surface area contributed by atoms with Gasteiger partial charge in [0.1, 0.15) is 0 Å². The zero-order valence-electron chi connectivity index (χ0n) is 17.8. The lowest BCUT2D eigenvalue weighted by atomic mass is 9.80. The van der Waals surface area contributed by atoms with Gasteiger partial charge in [-0.2, -0.15) is 5.10 Å². The quantitative estimate of drug-likeness (QED) is 0.788. The van der Waals surface area contributed by atoms with Gasteiger partial charge >= 0.3 is 0 Å². The van der Waals surface area contributed by atoms with Crippen molar-refractivity contribution in [3.63, 3.8) is 0 Å². The number of H-pyrrole nitrogens is 1. The average Bonchev–Trinajstić information content (AvgIpc) is 3.19. The standard InChI is InChI=1S/C23H37N3O2/c1-15(2)17-6-8-18(9-7-17)28-14-22-19(21-10-11-24-25-21)5-4-12-26(22)23(27)20-13-16(20)3/h10-11,15-20,22H,4-9,12-14H2,1-3H3,(H,24,25)/t16?,17-,18+,19-,20?,22+/m1/s1. The van der Waals surface area contributed by atoms with Crippen molar-refractivity contribution in [1.82, 2.24) is 15.1 Å². The molecule has 0 aromatic carbocycles. The molecule has 0 radical (unpaired) electrons. The molecule has 5 heteroatoms. The van der Waals surface area contributed by atoms with Crippen LogP contribution in [0.1, 0.15) is 77.3 Å². The van der Waals surface area contributed by atoms with Crippen molar-refractivity contribution < 1.29 is 9.53 Å². The van der Waals surface area contributed by atoms with Gasteiger partial charge in [0.05, 0.1) is 24.4 Å². The molecule has 0 bridgehead atoms. The second-order valence-corrected chi connectivity index (χ2v) is 9.78. The molecule has 1 saturated heterocycles. The van der Waals surface area contributed by atoms with Crippen LogP contribution in [0.3, 0.4) is 0 Å². The van der Waals surface area contributed by atoms with E-state index in [4.69, 9.17) is 4.74 Å². The average molecular weight is 388 g/mol. The van der Waals surface area contributed by atoms with Gasteiger partial charge in [-0.25, -0.2) is 0 Å². The highest BCUT2D eigenvalue weighted by Crippen LogP contribution is 2.42. The largest absolute Gasteiger partial charge is 0.376 e. The van der Waals surface area contributed by atoms with Gasteiger partial charge in [-0.1, -0.05) is 20.8 Å². The molecule has 2 unspecified atom stereocenters. The Morgan fingerprint density at radius 2 is 2.04 bits per heavy atom. The van der Waals surface area contributed by atoms with Crippen LogP contribution in [0.2, 0.25) is 0 Å². The molecule has 1 aliphatic heterocycles. The molecular formula is C23H37N3O2. The van der Waals surface area contributed by atoms with Crippen molar-refractivity contribution in [2.45, 2.75) is 83.8 Å². The van der Waals surface area contributed by atoms with Crippen molar-refractivity contribution in [3.8, 4) is 0 Å². The van der Waals surface area contributed by atoms with E-state index in [2.05, 4.69) is 41.9 Å². The van der Waals surface area contributed by atoms with Gasteiger partial charge in [-0.3, -0.25) is 9.89 Å². The summed E-state index contributed by atoms with van der Waals surface area (Å²) >= 11 is 0. The predicted octanol–water partition coefficient (Wildman–Crippen LogP) is 4.37. The number of carbonyl (C=O) groups excluding carboxylic acids is 1. The van der Waals surface area contributed by atoms with Crippen LogP contribution in [0, 0.1) is 23.7 Å². The number of nitrogens with one attached hydrogen (secondary N) is 1. The van der Waals surface area contributed by atoms with E-state index in [-0.39, 0.29) is 17.9 Å². The fraction of sp³-hybridized carbons (Fsp3) is 0.826. The number of carbonyl (C=O) groups is 1. The first kappa shape index (κ1) is 19.9. The van der Waals surface area contributed by atoms with E-state index in [1.807, 2.05) is 6.20 Å². The molecule has 2 heterocycles. The van der Waals surface area contributed by atoms with Crippen LogP contribution >= 0.6 is 0 Å². The first-order chi connectivity index (χ1) is 13.5. The zero-order chi connectivity index (χ0) is 19.7. The summed E-state index contributed by atoms with van der Waals surface area (Å²) in [7, 11) is 0. The predicted molar refractivity (Wildman–Crippen MR) is 110 cm³/mol. The Morgan fingerprint density at radius 3 is 2.64 bits per heavy atom.